The van der Waals surface area contributed by atoms with Gasteiger partial charge in [0.05, 0.1) is 11.4 Å². The number of nitrogens with zero attached hydrogens (tertiary/aromatic N) is 2. The van der Waals surface area contributed by atoms with Crippen LogP contribution in [0.4, 0.5) is 22.7 Å². The van der Waals surface area contributed by atoms with Crippen LogP contribution < -0.4 is 9.80 Å². The van der Waals surface area contributed by atoms with Crippen LogP contribution >= 0.6 is 0 Å². The molecule has 5 rings (SSSR count). The Labute approximate surface area is 162 Å². The van der Waals surface area contributed by atoms with Crippen molar-refractivity contribution in [3.63, 3.8) is 0 Å². The standard InChI is InChI=1S/C25H26N2/c1-3-18-25(4-2)20-14-8-9-15-21(20)27-23-17-11-10-16-22(23)26(24(25)27)19-12-6-5-7-13-19/h5-17,24H,3-4,18H2,1-2H3. The zero-order chi connectivity index (χ0) is 18.4. The highest BCUT2D eigenvalue weighted by Crippen LogP contribution is 2.61. The lowest BCUT2D eigenvalue weighted by molar-refractivity contribution is 0.331. The zero-order valence-corrected chi connectivity index (χ0v) is 16.1. The summed E-state index contributed by atoms with van der Waals surface area (Å²) in [6.07, 6.45) is 3.81. The lowest BCUT2D eigenvalue weighted by Crippen LogP contribution is -2.49. The summed E-state index contributed by atoms with van der Waals surface area (Å²) in [6.45, 7) is 4.68. The minimum absolute atomic E-state index is 0.125. The molecule has 0 N–H and O–H groups in total. The molecule has 2 heteroatoms. The third kappa shape index (κ3) is 2.13. The molecule has 3 aromatic carbocycles. The molecule has 2 aliphatic rings. The Morgan fingerprint density at radius 1 is 0.704 bits per heavy atom. The van der Waals surface area contributed by atoms with Gasteiger partial charge in [0.1, 0.15) is 6.17 Å². The maximum Gasteiger partial charge on any atom is 0.121 e. The number of fused-ring (bicyclic) bond motifs is 5. The molecule has 2 nitrogen and oxygen atoms in total. The predicted molar refractivity (Wildman–Crippen MR) is 114 cm³/mol. The summed E-state index contributed by atoms with van der Waals surface area (Å²) < 4.78 is 0. The first-order chi connectivity index (χ1) is 13.3. The summed E-state index contributed by atoms with van der Waals surface area (Å²) in [5, 5.41) is 0. The van der Waals surface area contributed by atoms with E-state index in [2.05, 4.69) is 103 Å². The van der Waals surface area contributed by atoms with Crippen LogP contribution in [0, 0.1) is 0 Å². The van der Waals surface area contributed by atoms with Crippen LogP contribution in [0.1, 0.15) is 38.7 Å². The first-order valence-corrected chi connectivity index (χ1v) is 10.1. The van der Waals surface area contributed by atoms with Crippen molar-refractivity contribution in [3.8, 4) is 0 Å². The highest BCUT2D eigenvalue weighted by Gasteiger charge is 2.56. The lowest BCUT2D eigenvalue weighted by Gasteiger charge is -2.41. The Balaban J connectivity index is 1.81. The maximum atomic E-state index is 2.59. The van der Waals surface area contributed by atoms with Gasteiger partial charge in [0.25, 0.3) is 0 Å². The van der Waals surface area contributed by atoms with Crippen molar-refractivity contribution in [2.75, 3.05) is 9.80 Å². The Morgan fingerprint density at radius 2 is 1.30 bits per heavy atom. The number of para-hydroxylation sites is 4. The van der Waals surface area contributed by atoms with Crippen molar-refractivity contribution in [3.05, 3.63) is 84.4 Å². The Morgan fingerprint density at radius 3 is 1.96 bits per heavy atom. The molecule has 0 saturated heterocycles. The minimum atomic E-state index is 0.125. The average Bonchev–Trinajstić information content (AvgIpc) is 3.21. The SMILES string of the molecule is CCCC1(CC)c2ccccc2N2c3ccccc3N(c3ccccc3)C21. The molecule has 136 valence electrons. The van der Waals surface area contributed by atoms with Crippen LogP contribution in [0.25, 0.3) is 0 Å². The quantitative estimate of drug-likeness (QED) is 0.510. The predicted octanol–water partition coefficient (Wildman–Crippen LogP) is 6.76. The summed E-state index contributed by atoms with van der Waals surface area (Å²) in [6, 6.07) is 28.8. The molecule has 0 saturated carbocycles. The summed E-state index contributed by atoms with van der Waals surface area (Å²) >= 11 is 0. The number of benzene rings is 3. The van der Waals surface area contributed by atoms with Crippen LogP contribution in [-0.4, -0.2) is 6.17 Å². The van der Waals surface area contributed by atoms with E-state index in [1.807, 2.05) is 0 Å². The first-order valence-electron chi connectivity index (χ1n) is 10.1. The second-order valence-corrected chi connectivity index (χ2v) is 7.71. The normalized spacial score (nSPS) is 22.5. The van der Waals surface area contributed by atoms with Crippen LogP contribution in [0.15, 0.2) is 78.9 Å². The molecule has 3 aromatic rings. The Kier molecular flexibility index (Phi) is 3.75. The van der Waals surface area contributed by atoms with Gasteiger partial charge in [0.15, 0.2) is 0 Å². The molecule has 2 atom stereocenters. The lowest BCUT2D eigenvalue weighted by atomic mass is 9.73. The van der Waals surface area contributed by atoms with E-state index >= 15 is 0 Å². The molecular weight excluding hydrogens is 328 g/mol. The molecule has 2 heterocycles. The molecule has 27 heavy (non-hydrogen) atoms. The van der Waals surface area contributed by atoms with Crippen molar-refractivity contribution in [1.29, 1.82) is 0 Å². The van der Waals surface area contributed by atoms with Crippen LogP contribution in [0.5, 0.6) is 0 Å². The van der Waals surface area contributed by atoms with E-state index in [0.29, 0.717) is 6.17 Å². The molecule has 0 radical (unpaired) electrons. The molecule has 0 fully saturated rings. The van der Waals surface area contributed by atoms with Gasteiger partial charge in [-0.25, -0.2) is 0 Å². The van der Waals surface area contributed by atoms with Crippen LogP contribution in [0.3, 0.4) is 0 Å². The second-order valence-electron chi connectivity index (χ2n) is 7.71. The van der Waals surface area contributed by atoms with Crippen molar-refractivity contribution < 1.29 is 0 Å². The van der Waals surface area contributed by atoms with Gasteiger partial charge in [-0.1, -0.05) is 68.8 Å². The Hall–Kier alpha value is -2.74. The van der Waals surface area contributed by atoms with Gasteiger partial charge in [-0.2, -0.15) is 0 Å². The number of rotatable bonds is 4. The second kappa shape index (κ2) is 6.16. The van der Waals surface area contributed by atoms with Crippen LogP contribution in [0.2, 0.25) is 0 Å². The summed E-state index contributed by atoms with van der Waals surface area (Å²) in [7, 11) is 0. The summed E-state index contributed by atoms with van der Waals surface area (Å²) in [5.41, 5.74) is 6.93. The van der Waals surface area contributed by atoms with E-state index in [4.69, 9.17) is 0 Å². The molecule has 0 spiro atoms. The van der Waals surface area contributed by atoms with Gasteiger partial charge in [0, 0.05) is 16.8 Å². The van der Waals surface area contributed by atoms with Gasteiger partial charge in [-0.15, -0.1) is 0 Å². The smallest absolute Gasteiger partial charge is 0.121 e. The maximum absolute atomic E-state index is 2.59. The van der Waals surface area contributed by atoms with Gasteiger partial charge in [0.2, 0.25) is 0 Å². The minimum Gasteiger partial charge on any atom is -0.317 e. The fourth-order valence-corrected chi connectivity index (χ4v) is 5.38. The van der Waals surface area contributed by atoms with Gasteiger partial charge >= 0.3 is 0 Å². The summed E-state index contributed by atoms with van der Waals surface area (Å²) in [5.74, 6) is 0. The third-order valence-corrected chi connectivity index (χ3v) is 6.45. The van der Waals surface area contributed by atoms with Gasteiger partial charge in [-0.3, -0.25) is 0 Å². The zero-order valence-electron chi connectivity index (χ0n) is 16.1. The molecule has 0 aliphatic carbocycles. The molecule has 0 bridgehead atoms. The van der Waals surface area contributed by atoms with E-state index in [1.54, 1.807) is 0 Å². The van der Waals surface area contributed by atoms with Crippen molar-refractivity contribution >= 4 is 22.7 Å². The fraction of sp³-hybridized carbons (Fsp3) is 0.280. The fourth-order valence-electron chi connectivity index (χ4n) is 5.38. The number of hydrogen-bond donors (Lipinski definition) is 0. The van der Waals surface area contributed by atoms with Gasteiger partial charge < -0.3 is 9.80 Å². The van der Waals surface area contributed by atoms with Crippen molar-refractivity contribution in [1.82, 2.24) is 0 Å². The molecule has 0 amide bonds. The average molecular weight is 354 g/mol. The summed E-state index contributed by atoms with van der Waals surface area (Å²) in [4.78, 5) is 5.17. The first kappa shape index (κ1) is 16.4. The number of hydrogen-bond acceptors (Lipinski definition) is 2. The molecular formula is C25H26N2. The van der Waals surface area contributed by atoms with E-state index < -0.39 is 0 Å². The van der Waals surface area contributed by atoms with E-state index in [1.165, 1.54) is 41.2 Å². The molecule has 2 aliphatic heterocycles. The van der Waals surface area contributed by atoms with Crippen molar-refractivity contribution in [2.24, 2.45) is 0 Å². The highest BCUT2D eigenvalue weighted by atomic mass is 15.4. The largest absolute Gasteiger partial charge is 0.317 e. The topological polar surface area (TPSA) is 6.48 Å². The number of anilines is 4. The van der Waals surface area contributed by atoms with E-state index in [-0.39, 0.29) is 5.41 Å². The van der Waals surface area contributed by atoms with Crippen LogP contribution in [-0.2, 0) is 5.41 Å². The highest BCUT2D eigenvalue weighted by molar-refractivity contribution is 5.92. The third-order valence-electron chi connectivity index (χ3n) is 6.45. The molecule has 0 aromatic heterocycles. The van der Waals surface area contributed by atoms with Gasteiger partial charge in [-0.05, 0) is 48.7 Å². The monoisotopic (exact) mass is 354 g/mol. The Bertz CT molecular complexity index is 950. The van der Waals surface area contributed by atoms with Crippen molar-refractivity contribution in [2.45, 2.75) is 44.7 Å². The molecule has 2 unspecified atom stereocenters. The van der Waals surface area contributed by atoms with E-state index in [0.717, 1.165) is 6.42 Å². The van der Waals surface area contributed by atoms with E-state index in [9.17, 15) is 0 Å².